The van der Waals surface area contributed by atoms with Crippen LogP contribution in [0.15, 0.2) is 18.2 Å². The Morgan fingerprint density at radius 3 is 2.73 bits per heavy atom. The lowest BCUT2D eigenvalue weighted by Gasteiger charge is -2.16. The number of rotatable bonds is 1. The first-order valence-corrected chi connectivity index (χ1v) is 5.26. The van der Waals surface area contributed by atoms with E-state index in [9.17, 15) is 4.79 Å². The first kappa shape index (κ1) is 11.6. The van der Waals surface area contributed by atoms with Crippen LogP contribution in [-0.4, -0.2) is 19.6 Å². The van der Waals surface area contributed by atoms with E-state index in [2.05, 4.69) is 5.32 Å². The van der Waals surface area contributed by atoms with E-state index in [1.54, 1.807) is 7.11 Å². The van der Waals surface area contributed by atoms with Crippen molar-refractivity contribution in [2.45, 2.75) is 20.3 Å². The third-order valence-electron chi connectivity index (χ3n) is 2.24. The molecule has 0 saturated carbocycles. The van der Waals surface area contributed by atoms with Gasteiger partial charge in [0, 0.05) is 12.1 Å². The lowest BCUT2D eigenvalue weighted by Crippen LogP contribution is -2.31. The fraction of sp³-hybridized carbons (Fsp3) is 0.417. The van der Waals surface area contributed by atoms with Gasteiger partial charge < -0.3 is 10.1 Å². The van der Waals surface area contributed by atoms with Crippen LogP contribution in [-0.2, 0) is 6.42 Å². The van der Waals surface area contributed by atoms with Crippen molar-refractivity contribution in [3.63, 3.8) is 0 Å². The Balaban J connectivity index is 0.000000531. The summed E-state index contributed by atoms with van der Waals surface area (Å²) in [7, 11) is 1.63. The molecular weight excluding hydrogens is 190 g/mol. The predicted octanol–water partition coefficient (Wildman–Crippen LogP) is 2.01. The van der Waals surface area contributed by atoms with Crippen molar-refractivity contribution in [3.05, 3.63) is 29.3 Å². The Hall–Kier alpha value is -1.51. The third kappa shape index (κ3) is 2.49. The molecule has 82 valence electrons. The molecule has 1 heterocycles. The average molecular weight is 207 g/mol. The van der Waals surface area contributed by atoms with Gasteiger partial charge >= 0.3 is 0 Å². The number of methoxy groups -OCH3 is 1. The predicted molar refractivity (Wildman–Crippen MR) is 60.4 cm³/mol. The lowest BCUT2D eigenvalue weighted by atomic mass is 10.0. The molecule has 2 rings (SSSR count). The number of carbonyl (C=O) groups is 1. The molecular formula is C12H17NO2. The summed E-state index contributed by atoms with van der Waals surface area (Å²) in [5.41, 5.74) is 1.84. The first-order chi connectivity index (χ1) is 7.31. The molecule has 0 bridgehead atoms. The lowest BCUT2D eigenvalue weighted by molar-refractivity contribution is 0.0946. The van der Waals surface area contributed by atoms with E-state index < -0.39 is 0 Å². The van der Waals surface area contributed by atoms with Gasteiger partial charge in [0.25, 0.3) is 5.91 Å². The molecule has 3 heteroatoms. The largest absolute Gasteiger partial charge is 0.497 e. The second-order valence-corrected chi connectivity index (χ2v) is 3.03. The molecule has 0 unspecified atom stereocenters. The Morgan fingerprint density at radius 1 is 1.33 bits per heavy atom. The maximum Gasteiger partial charge on any atom is 0.251 e. The maximum absolute atomic E-state index is 11.3. The van der Waals surface area contributed by atoms with E-state index in [0.29, 0.717) is 0 Å². The van der Waals surface area contributed by atoms with E-state index in [1.165, 1.54) is 0 Å². The topological polar surface area (TPSA) is 38.3 Å². The zero-order chi connectivity index (χ0) is 11.3. The SMILES string of the molecule is CC.COc1ccc2c(c1)CCNC2=O. The van der Waals surface area contributed by atoms with Gasteiger partial charge in [-0.3, -0.25) is 4.79 Å². The molecule has 15 heavy (non-hydrogen) atoms. The summed E-state index contributed by atoms with van der Waals surface area (Å²) in [5.74, 6) is 0.831. The highest BCUT2D eigenvalue weighted by Crippen LogP contribution is 2.19. The Morgan fingerprint density at radius 2 is 2.07 bits per heavy atom. The van der Waals surface area contributed by atoms with Gasteiger partial charge in [0.05, 0.1) is 7.11 Å². The molecule has 1 aromatic rings. The molecule has 0 fully saturated rings. The van der Waals surface area contributed by atoms with Crippen LogP contribution >= 0.6 is 0 Å². The van der Waals surface area contributed by atoms with Crippen LogP contribution < -0.4 is 10.1 Å². The van der Waals surface area contributed by atoms with Crippen LogP contribution in [0.4, 0.5) is 0 Å². The number of hydrogen-bond acceptors (Lipinski definition) is 2. The second-order valence-electron chi connectivity index (χ2n) is 3.03. The van der Waals surface area contributed by atoms with Gasteiger partial charge in [-0.15, -0.1) is 0 Å². The van der Waals surface area contributed by atoms with Gasteiger partial charge in [0.1, 0.15) is 5.75 Å². The molecule has 0 spiro atoms. The number of carbonyl (C=O) groups excluding carboxylic acids is 1. The van der Waals surface area contributed by atoms with Crippen LogP contribution in [0.25, 0.3) is 0 Å². The average Bonchev–Trinajstić information content (AvgIpc) is 2.31. The van der Waals surface area contributed by atoms with E-state index in [0.717, 1.165) is 29.8 Å². The summed E-state index contributed by atoms with van der Waals surface area (Å²) in [5, 5.41) is 2.80. The number of hydrogen-bond donors (Lipinski definition) is 1. The van der Waals surface area contributed by atoms with Gasteiger partial charge in [0.2, 0.25) is 0 Å². The molecule has 1 aromatic carbocycles. The van der Waals surface area contributed by atoms with Gasteiger partial charge in [-0.2, -0.15) is 0 Å². The van der Waals surface area contributed by atoms with Crippen molar-refractivity contribution < 1.29 is 9.53 Å². The quantitative estimate of drug-likeness (QED) is 0.765. The van der Waals surface area contributed by atoms with E-state index in [1.807, 2.05) is 32.0 Å². The van der Waals surface area contributed by atoms with Crippen molar-refractivity contribution in [2.75, 3.05) is 13.7 Å². The number of fused-ring (bicyclic) bond motifs is 1. The highest BCUT2D eigenvalue weighted by atomic mass is 16.5. The van der Waals surface area contributed by atoms with Gasteiger partial charge in [0.15, 0.2) is 0 Å². The van der Waals surface area contributed by atoms with Gasteiger partial charge in [-0.1, -0.05) is 13.8 Å². The number of amides is 1. The van der Waals surface area contributed by atoms with E-state index in [-0.39, 0.29) is 5.91 Å². The second kappa shape index (κ2) is 5.39. The van der Waals surface area contributed by atoms with Crippen molar-refractivity contribution in [1.29, 1.82) is 0 Å². The summed E-state index contributed by atoms with van der Waals surface area (Å²) in [4.78, 5) is 11.3. The van der Waals surface area contributed by atoms with Crippen LogP contribution in [0.3, 0.4) is 0 Å². The summed E-state index contributed by atoms with van der Waals surface area (Å²) < 4.78 is 5.08. The fourth-order valence-electron chi connectivity index (χ4n) is 1.53. The van der Waals surface area contributed by atoms with Crippen molar-refractivity contribution in [1.82, 2.24) is 5.32 Å². The zero-order valence-corrected chi connectivity index (χ0v) is 9.46. The summed E-state index contributed by atoms with van der Waals surface area (Å²) >= 11 is 0. The summed E-state index contributed by atoms with van der Waals surface area (Å²) in [6.45, 7) is 4.72. The smallest absolute Gasteiger partial charge is 0.251 e. The molecule has 0 atom stereocenters. The fourth-order valence-corrected chi connectivity index (χ4v) is 1.53. The van der Waals surface area contributed by atoms with Crippen LogP contribution in [0.1, 0.15) is 29.8 Å². The number of benzene rings is 1. The van der Waals surface area contributed by atoms with Crippen molar-refractivity contribution in [2.24, 2.45) is 0 Å². The molecule has 3 nitrogen and oxygen atoms in total. The molecule has 1 amide bonds. The first-order valence-electron chi connectivity index (χ1n) is 5.26. The van der Waals surface area contributed by atoms with Crippen LogP contribution in [0, 0.1) is 0 Å². The Bertz CT molecular complexity index is 347. The molecule has 1 aliphatic rings. The zero-order valence-electron chi connectivity index (χ0n) is 9.46. The van der Waals surface area contributed by atoms with E-state index in [4.69, 9.17) is 4.74 Å². The Labute approximate surface area is 90.4 Å². The highest BCUT2D eigenvalue weighted by molar-refractivity contribution is 5.96. The Kier molecular flexibility index (Phi) is 4.16. The minimum atomic E-state index is 0.0175. The highest BCUT2D eigenvalue weighted by Gasteiger charge is 2.16. The molecule has 0 aliphatic carbocycles. The minimum absolute atomic E-state index is 0.0175. The van der Waals surface area contributed by atoms with Crippen LogP contribution in [0.2, 0.25) is 0 Å². The molecule has 1 N–H and O–H groups in total. The summed E-state index contributed by atoms with van der Waals surface area (Å²) in [6.07, 6.45) is 0.887. The third-order valence-corrected chi connectivity index (χ3v) is 2.24. The monoisotopic (exact) mass is 207 g/mol. The molecule has 0 aromatic heterocycles. The minimum Gasteiger partial charge on any atom is -0.497 e. The maximum atomic E-state index is 11.3. The van der Waals surface area contributed by atoms with Crippen LogP contribution in [0.5, 0.6) is 5.75 Å². The van der Waals surface area contributed by atoms with E-state index >= 15 is 0 Å². The number of nitrogens with one attached hydrogen (secondary N) is 1. The molecule has 1 aliphatic heterocycles. The molecule has 0 radical (unpaired) electrons. The van der Waals surface area contributed by atoms with Crippen molar-refractivity contribution in [3.8, 4) is 5.75 Å². The molecule has 0 saturated heterocycles. The summed E-state index contributed by atoms with van der Waals surface area (Å²) in [6, 6.07) is 5.54. The number of ether oxygens (including phenoxy) is 1. The normalized spacial score (nSPS) is 13.1. The van der Waals surface area contributed by atoms with Gasteiger partial charge in [-0.25, -0.2) is 0 Å². The van der Waals surface area contributed by atoms with Gasteiger partial charge in [-0.05, 0) is 30.2 Å². The standard InChI is InChI=1S/C10H11NO2.C2H6/c1-13-8-2-3-9-7(6-8)4-5-11-10(9)12;1-2/h2-3,6H,4-5H2,1H3,(H,11,12);1-2H3. The van der Waals surface area contributed by atoms with Crippen molar-refractivity contribution >= 4 is 5.91 Å².